The summed E-state index contributed by atoms with van der Waals surface area (Å²) in [4.78, 5) is 4.97. The van der Waals surface area contributed by atoms with Crippen molar-refractivity contribution in [2.24, 2.45) is 0 Å². The first-order chi connectivity index (χ1) is 51.0. The standard InChI is InChI=1S/C100H92BN3/c1-96(2,3)71-45-51-87-83(58-71)84-59-72(97(4,5)6)46-52-88(84)102(87)76-47-49-85-90(62-76)104(94-79(63-29-19-16-20-30-63)37-27-38-80(94)64-31-21-17-22-32-64)92-61-75(100(13,14)15)60-91-93(92)101(85)86-56-67(70-54-73(98(7,8)9)57-74(55-70)99(10,11)12)44-50-89(86)103(91)95-81(65-33-23-18-24-34-65)39-28-40-82(95)69-43-48-78-68(53-69)42-41-66-35-25-26-36-77(66)78/h16-62H,1-15H3/i44D,50D,56D. The predicted octanol–water partition coefficient (Wildman–Crippen LogP) is 26.0. The summed E-state index contributed by atoms with van der Waals surface area (Å²) in [5.74, 6) is 0. The molecule has 2 aliphatic heterocycles. The lowest BCUT2D eigenvalue weighted by atomic mass is 9.33. The van der Waals surface area contributed by atoms with Gasteiger partial charge < -0.3 is 14.4 Å². The largest absolute Gasteiger partial charge is 0.310 e. The van der Waals surface area contributed by atoms with Gasteiger partial charge >= 0.3 is 0 Å². The Morgan fingerprint density at radius 2 is 0.731 bits per heavy atom. The first-order valence-corrected chi connectivity index (χ1v) is 37.2. The summed E-state index contributed by atoms with van der Waals surface area (Å²) >= 11 is 0. The Hall–Kier alpha value is -10.9. The maximum Gasteiger partial charge on any atom is 0.252 e. The van der Waals surface area contributed by atoms with E-state index in [9.17, 15) is 4.11 Å². The summed E-state index contributed by atoms with van der Waals surface area (Å²) < 4.78 is 36.4. The van der Waals surface area contributed by atoms with Gasteiger partial charge in [-0.3, -0.25) is 0 Å². The lowest BCUT2D eigenvalue weighted by molar-refractivity contribution is 0.569. The van der Waals surface area contributed by atoms with E-state index in [4.69, 9.17) is 0 Å². The van der Waals surface area contributed by atoms with Crippen LogP contribution >= 0.6 is 0 Å². The number of para-hydroxylation sites is 2. The second kappa shape index (κ2) is 24.4. The highest BCUT2D eigenvalue weighted by molar-refractivity contribution is 7.00. The van der Waals surface area contributed by atoms with Crippen molar-refractivity contribution in [3.05, 3.63) is 313 Å². The van der Waals surface area contributed by atoms with E-state index in [1.807, 2.05) is 0 Å². The smallest absolute Gasteiger partial charge is 0.252 e. The van der Waals surface area contributed by atoms with Gasteiger partial charge in [0.15, 0.2) is 0 Å². The van der Waals surface area contributed by atoms with E-state index in [1.54, 1.807) is 0 Å². The third-order valence-corrected chi connectivity index (χ3v) is 22.2. The number of anilines is 6. The van der Waals surface area contributed by atoms with Crippen molar-refractivity contribution in [2.75, 3.05) is 9.80 Å². The molecule has 15 aromatic rings. The topological polar surface area (TPSA) is 11.4 Å². The van der Waals surface area contributed by atoms with Gasteiger partial charge in [-0.05, 0) is 187 Å². The van der Waals surface area contributed by atoms with Crippen LogP contribution in [-0.2, 0) is 27.1 Å². The first-order valence-electron chi connectivity index (χ1n) is 38.7. The normalized spacial score (nSPS) is 13.7. The van der Waals surface area contributed by atoms with Crippen LogP contribution in [0.5, 0.6) is 0 Å². The molecule has 0 spiro atoms. The fraction of sp³-hybridized carbons (Fsp3) is 0.200. The summed E-state index contributed by atoms with van der Waals surface area (Å²) in [6, 6.07) is 99.2. The van der Waals surface area contributed by atoms with Gasteiger partial charge in [0, 0.05) is 61.5 Å². The molecule has 0 atom stereocenters. The molecular formula is C100H92BN3. The molecule has 0 saturated heterocycles. The molecule has 0 bridgehead atoms. The Labute approximate surface area is 620 Å². The molecule has 0 saturated carbocycles. The zero-order valence-corrected chi connectivity index (χ0v) is 62.8. The van der Waals surface area contributed by atoms with Crippen molar-refractivity contribution >= 4 is 101 Å². The molecular weight excluding hydrogens is 1250 g/mol. The number of hydrogen-bond donors (Lipinski definition) is 0. The Bertz CT molecular complexity index is 5970. The van der Waals surface area contributed by atoms with E-state index in [0.717, 1.165) is 128 Å². The van der Waals surface area contributed by atoms with Gasteiger partial charge in [-0.1, -0.05) is 328 Å². The lowest BCUT2D eigenvalue weighted by Crippen LogP contribution is -2.61. The van der Waals surface area contributed by atoms with E-state index in [2.05, 4.69) is 385 Å². The van der Waals surface area contributed by atoms with E-state index < -0.39 is 12.1 Å². The first kappa shape index (κ1) is 62.8. The Balaban J connectivity index is 1.07. The maximum absolute atomic E-state index is 11.7. The molecule has 2 aliphatic rings. The van der Waals surface area contributed by atoms with Crippen LogP contribution in [0.2, 0.25) is 0 Å². The molecule has 0 N–H and O–H groups in total. The van der Waals surface area contributed by atoms with E-state index >= 15 is 0 Å². The molecule has 0 aliphatic carbocycles. The average molecular weight is 1350 g/mol. The second-order valence-corrected chi connectivity index (χ2v) is 34.4. The van der Waals surface area contributed by atoms with E-state index in [-0.39, 0.29) is 39.8 Å². The Morgan fingerprint density at radius 3 is 1.24 bits per heavy atom. The summed E-state index contributed by atoms with van der Waals surface area (Å²) in [5, 5.41) is 7.08. The molecule has 3 heterocycles. The molecule has 0 amide bonds. The van der Waals surface area contributed by atoms with Crippen molar-refractivity contribution in [1.29, 1.82) is 0 Å². The molecule has 510 valence electrons. The third kappa shape index (κ3) is 11.3. The Morgan fingerprint density at radius 1 is 0.279 bits per heavy atom. The Kier molecular flexibility index (Phi) is 14.7. The number of benzene rings is 14. The second-order valence-electron chi connectivity index (χ2n) is 34.4. The van der Waals surface area contributed by atoms with Crippen LogP contribution in [-0.4, -0.2) is 11.3 Å². The summed E-state index contributed by atoms with van der Waals surface area (Å²) in [5.41, 5.74) is 25.4. The fourth-order valence-corrected chi connectivity index (χ4v) is 16.4. The minimum atomic E-state index is -0.642. The molecule has 0 fully saturated rings. The number of fused-ring (bicyclic) bond motifs is 10. The summed E-state index contributed by atoms with van der Waals surface area (Å²) in [6.07, 6.45) is 0. The molecule has 3 nitrogen and oxygen atoms in total. The van der Waals surface area contributed by atoms with Gasteiger partial charge in [0.2, 0.25) is 0 Å². The van der Waals surface area contributed by atoms with Crippen molar-refractivity contribution in [3.63, 3.8) is 0 Å². The van der Waals surface area contributed by atoms with Crippen molar-refractivity contribution in [2.45, 2.75) is 131 Å². The van der Waals surface area contributed by atoms with Crippen LogP contribution in [0.15, 0.2) is 285 Å². The van der Waals surface area contributed by atoms with Crippen LogP contribution in [0.25, 0.3) is 105 Å². The van der Waals surface area contributed by atoms with Crippen LogP contribution in [0.4, 0.5) is 34.1 Å². The number of hydrogen-bond acceptors (Lipinski definition) is 2. The molecule has 1 aromatic heterocycles. The minimum Gasteiger partial charge on any atom is -0.310 e. The quantitative estimate of drug-likeness (QED) is 0.111. The van der Waals surface area contributed by atoms with Crippen molar-refractivity contribution in [1.82, 2.24) is 4.57 Å². The number of rotatable bonds is 8. The minimum absolute atomic E-state index is 0.0181. The predicted molar refractivity (Wildman–Crippen MR) is 450 cm³/mol. The average Bonchev–Trinajstić information content (AvgIpc) is 1.23. The number of nitrogens with zero attached hydrogens (tertiary/aromatic N) is 3. The van der Waals surface area contributed by atoms with Crippen LogP contribution in [0.1, 0.15) is 136 Å². The lowest BCUT2D eigenvalue weighted by Gasteiger charge is -2.46. The highest BCUT2D eigenvalue weighted by Crippen LogP contribution is 2.55. The van der Waals surface area contributed by atoms with Gasteiger partial charge in [0.25, 0.3) is 6.71 Å². The maximum atomic E-state index is 11.7. The van der Waals surface area contributed by atoms with Gasteiger partial charge in [0.1, 0.15) is 0 Å². The van der Waals surface area contributed by atoms with Crippen LogP contribution < -0.4 is 26.2 Å². The van der Waals surface area contributed by atoms with Gasteiger partial charge in [0.05, 0.1) is 26.5 Å². The molecule has 17 rings (SSSR count). The van der Waals surface area contributed by atoms with Gasteiger partial charge in [-0.2, -0.15) is 0 Å². The zero-order valence-electron chi connectivity index (χ0n) is 65.8. The molecule has 14 aromatic carbocycles. The van der Waals surface area contributed by atoms with E-state index in [0.29, 0.717) is 16.7 Å². The summed E-state index contributed by atoms with van der Waals surface area (Å²) in [7, 11) is 0. The molecule has 104 heavy (non-hydrogen) atoms. The SMILES string of the molecule is [2H]c1c([2H])c2c(c([2H])c1-c1cc(C(C)(C)C)cc(C(C)(C)C)c1)B1c3ccc(-n4c5ccc(C(C)(C)C)cc5c5cc(C(C)(C)C)ccc54)cc3N(c3c(-c4ccccc4)cccc3-c3ccccc3)c3cc(C(C)(C)C)cc(c31)N2c1c(-c2ccccc2)cccc1-c1ccc2c(ccc3ccccc32)c1. The zero-order chi connectivity index (χ0) is 74.7. The van der Waals surface area contributed by atoms with Gasteiger partial charge in [-0.25, -0.2) is 0 Å². The molecule has 4 heteroatoms. The van der Waals surface area contributed by atoms with Crippen LogP contribution in [0, 0.1) is 0 Å². The van der Waals surface area contributed by atoms with E-state index in [1.165, 1.54) is 38.1 Å². The highest BCUT2D eigenvalue weighted by atomic mass is 15.2. The molecule has 0 radical (unpaired) electrons. The highest BCUT2D eigenvalue weighted by Gasteiger charge is 2.46. The summed E-state index contributed by atoms with van der Waals surface area (Å²) in [6.45, 7) is 33.6. The molecule has 0 unspecified atom stereocenters. The van der Waals surface area contributed by atoms with Crippen molar-refractivity contribution < 1.29 is 4.11 Å². The fourth-order valence-electron chi connectivity index (χ4n) is 16.4. The van der Waals surface area contributed by atoms with Crippen molar-refractivity contribution in [3.8, 4) is 61.3 Å². The monoisotopic (exact) mass is 1350 g/mol. The number of aromatic nitrogens is 1. The van der Waals surface area contributed by atoms with Crippen LogP contribution in [0.3, 0.4) is 0 Å². The third-order valence-electron chi connectivity index (χ3n) is 22.2. The van der Waals surface area contributed by atoms with Gasteiger partial charge in [-0.15, -0.1) is 0 Å².